The van der Waals surface area contributed by atoms with Gasteiger partial charge in [-0.05, 0) is 66.8 Å². The number of hydrogen-bond donors (Lipinski definition) is 1. The highest BCUT2D eigenvalue weighted by Crippen LogP contribution is 2.64. The molecule has 25 heavy (non-hydrogen) atoms. The van der Waals surface area contributed by atoms with E-state index in [1.54, 1.807) is 0 Å². The third-order valence-electron chi connectivity index (χ3n) is 8.15. The van der Waals surface area contributed by atoms with Crippen molar-refractivity contribution in [1.82, 2.24) is 5.32 Å². The molecule has 4 nitrogen and oxygen atoms in total. The first-order valence-electron chi connectivity index (χ1n) is 9.79. The van der Waals surface area contributed by atoms with Crippen molar-refractivity contribution in [2.24, 2.45) is 28.6 Å². The maximum atomic E-state index is 12.7. The van der Waals surface area contributed by atoms with Gasteiger partial charge in [0.15, 0.2) is 11.6 Å². The molecule has 0 bridgehead atoms. The van der Waals surface area contributed by atoms with E-state index in [1.807, 2.05) is 6.08 Å². The smallest absolute Gasteiger partial charge is 0.217 e. The predicted molar refractivity (Wildman–Crippen MR) is 94.7 cm³/mol. The van der Waals surface area contributed by atoms with Crippen LogP contribution in [0.1, 0.15) is 65.7 Å². The summed E-state index contributed by atoms with van der Waals surface area (Å²) in [6.07, 6.45) is 8.33. The number of ketones is 2. The van der Waals surface area contributed by atoms with Crippen molar-refractivity contribution in [3.63, 3.8) is 0 Å². The van der Waals surface area contributed by atoms with Gasteiger partial charge in [0, 0.05) is 19.8 Å². The summed E-state index contributed by atoms with van der Waals surface area (Å²) >= 11 is 0. The zero-order valence-electron chi connectivity index (χ0n) is 15.6. The average molecular weight is 343 g/mol. The van der Waals surface area contributed by atoms with Gasteiger partial charge in [0.1, 0.15) is 0 Å². The molecule has 0 spiro atoms. The first kappa shape index (κ1) is 17.0. The van der Waals surface area contributed by atoms with Crippen LogP contribution in [0.2, 0.25) is 0 Å². The highest BCUT2D eigenvalue weighted by atomic mass is 16.2. The molecule has 0 aromatic rings. The lowest BCUT2D eigenvalue weighted by Gasteiger charge is -2.57. The molecule has 6 atom stereocenters. The van der Waals surface area contributed by atoms with E-state index >= 15 is 0 Å². The van der Waals surface area contributed by atoms with Crippen LogP contribution in [0.15, 0.2) is 11.6 Å². The molecule has 0 heterocycles. The van der Waals surface area contributed by atoms with Crippen LogP contribution in [0.5, 0.6) is 0 Å². The molecule has 3 fully saturated rings. The minimum Gasteiger partial charge on any atom is -0.346 e. The summed E-state index contributed by atoms with van der Waals surface area (Å²) < 4.78 is 0. The van der Waals surface area contributed by atoms with E-state index in [4.69, 9.17) is 0 Å². The second kappa shape index (κ2) is 5.52. The van der Waals surface area contributed by atoms with Gasteiger partial charge in [0.25, 0.3) is 0 Å². The van der Waals surface area contributed by atoms with Gasteiger partial charge in [-0.2, -0.15) is 0 Å². The van der Waals surface area contributed by atoms with Gasteiger partial charge in [-0.15, -0.1) is 0 Å². The average Bonchev–Trinajstić information content (AvgIpc) is 2.79. The SMILES string of the molecule is CC(=O)N[C@@H]1C(=O)C[C@@H]2[C@H]3CCC4=CC(=O)CC[C@]4(C)[C@H]3CC[C@]12C. The Balaban J connectivity index is 1.66. The molecule has 4 heteroatoms. The Hall–Kier alpha value is -1.45. The summed E-state index contributed by atoms with van der Waals surface area (Å²) in [6, 6.07) is -0.311. The lowest BCUT2D eigenvalue weighted by molar-refractivity contribution is -0.127. The Morgan fingerprint density at radius 2 is 1.88 bits per heavy atom. The summed E-state index contributed by atoms with van der Waals surface area (Å²) in [6.45, 7) is 6.08. The summed E-state index contributed by atoms with van der Waals surface area (Å²) in [5.41, 5.74) is 1.38. The normalized spacial score (nSPS) is 46.0. The number of nitrogens with one attached hydrogen (secondary N) is 1. The van der Waals surface area contributed by atoms with E-state index < -0.39 is 0 Å². The van der Waals surface area contributed by atoms with Gasteiger partial charge in [0.05, 0.1) is 6.04 Å². The number of rotatable bonds is 1. The van der Waals surface area contributed by atoms with Crippen molar-refractivity contribution in [3.8, 4) is 0 Å². The summed E-state index contributed by atoms with van der Waals surface area (Å²) in [5.74, 6) is 1.88. The lowest BCUT2D eigenvalue weighted by Crippen LogP contribution is -2.54. The fourth-order valence-electron chi connectivity index (χ4n) is 6.80. The zero-order chi connectivity index (χ0) is 18.0. The molecule has 1 amide bonds. The molecule has 0 saturated heterocycles. The molecule has 0 radical (unpaired) electrons. The quantitative estimate of drug-likeness (QED) is 0.795. The second-order valence-electron chi connectivity index (χ2n) is 9.32. The second-order valence-corrected chi connectivity index (χ2v) is 9.32. The predicted octanol–water partition coefficient (Wildman–Crippen LogP) is 3.20. The minimum absolute atomic E-state index is 0.103. The number of carbonyl (C=O) groups excluding carboxylic acids is 3. The monoisotopic (exact) mass is 343 g/mol. The number of hydrogen-bond acceptors (Lipinski definition) is 3. The molecule has 4 aliphatic rings. The largest absolute Gasteiger partial charge is 0.346 e. The van der Waals surface area contributed by atoms with Gasteiger partial charge in [-0.3, -0.25) is 14.4 Å². The first-order chi connectivity index (χ1) is 11.8. The van der Waals surface area contributed by atoms with Crippen LogP contribution in [0.3, 0.4) is 0 Å². The third-order valence-corrected chi connectivity index (χ3v) is 8.15. The van der Waals surface area contributed by atoms with Crippen LogP contribution in [0, 0.1) is 28.6 Å². The van der Waals surface area contributed by atoms with Crippen LogP contribution in [0.25, 0.3) is 0 Å². The number of Topliss-reactive ketones (excluding diaryl/α,β-unsaturated/α-hetero) is 1. The van der Waals surface area contributed by atoms with Crippen LogP contribution >= 0.6 is 0 Å². The maximum absolute atomic E-state index is 12.7. The maximum Gasteiger partial charge on any atom is 0.217 e. The molecular weight excluding hydrogens is 314 g/mol. The van der Waals surface area contributed by atoms with E-state index in [0.29, 0.717) is 30.6 Å². The van der Waals surface area contributed by atoms with E-state index in [9.17, 15) is 14.4 Å². The summed E-state index contributed by atoms with van der Waals surface area (Å²) in [7, 11) is 0. The highest BCUT2D eigenvalue weighted by molar-refractivity contribution is 5.92. The molecule has 4 rings (SSSR count). The molecule has 0 aromatic carbocycles. The Morgan fingerprint density at radius 3 is 2.60 bits per heavy atom. The van der Waals surface area contributed by atoms with Crippen molar-refractivity contribution < 1.29 is 14.4 Å². The molecule has 4 aliphatic carbocycles. The Labute approximate surface area is 149 Å². The van der Waals surface area contributed by atoms with Crippen molar-refractivity contribution in [2.45, 2.75) is 71.8 Å². The highest BCUT2D eigenvalue weighted by Gasteiger charge is 2.61. The molecule has 0 aromatic heterocycles. The number of carbonyl (C=O) groups is 3. The molecule has 3 saturated carbocycles. The third kappa shape index (κ3) is 2.36. The van der Waals surface area contributed by atoms with Gasteiger partial charge < -0.3 is 5.32 Å². The summed E-state index contributed by atoms with van der Waals surface area (Å²) in [4.78, 5) is 36.2. The van der Waals surface area contributed by atoms with Crippen LogP contribution < -0.4 is 5.32 Å². The van der Waals surface area contributed by atoms with Gasteiger partial charge in [-0.25, -0.2) is 0 Å². The molecule has 136 valence electrons. The zero-order valence-corrected chi connectivity index (χ0v) is 15.6. The molecular formula is C21H29NO3. The molecule has 0 aliphatic heterocycles. The Morgan fingerprint density at radius 1 is 1.12 bits per heavy atom. The van der Waals surface area contributed by atoms with Crippen LogP contribution in [0.4, 0.5) is 0 Å². The van der Waals surface area contributed by atoms with Crippen LogP contribution in [-0.4, -0.2) is 23.5 Å². The molecule has 1 N–H and O–H groups in total. The van der Waals surface area contributed by atoms with E-state index in [1.165, 1.54) is 12.5 Å². The van der Waals surface area contributed by atoms with E-state index in [0.717, 1.165) is 32.1 Å². The van der Waals surface area contributed by atoms with Crippen molar-refractivity contribution >= 4 is 17.5 Å². The van der Waals surface area contributed by atoms with Gasteiger partial charge >= 0.3 is 0 Å². The fourth-order valence-corrected chi connectivity index (χ4v) is 6.80. The number of fused-ring (bicyclic) bond motifs is 5. The lowest BCUT2D eigenvalue weighted by atomic mass is 9.47. The Bertz CT molecular complexity index is 681. The molecule has 0 unspecified atom stereocenters. The van der Waals surface area contributed by atoms with Crippen molar-refractivity contribution in [3.05, 3.63) is 11.6 Å². The van der Waals surface area contributed by atoms with Gasteiger partial charge in [-0.1, -0.05) is 19.4 Å². The fraction of sp³-hybridized carbons (Fsp3) is 0.762. The standard InChI is InChI=1S/C21H29NO3/c1-12(23)22-19-18(25)11-17-15-5-4-13-10-14(24)6-8-20(13,2)16(15)7-9-21(17,19)3/h10,15-17,19H,4-9,11H2,1-3H3,(H,22,23)/t15-,16-,17+,19+,20-,21-/m0/s1. The van der Waals surface area contributed by atoms with Crippen molar-refractivity contribution in [1.29, 1.82) is 0 Å². The number of amides is 1. The summed E-state index contributed by atoms with van der Waals surface area (Å²) in [5, 5.41) is 2.95. The minimum atomic E-state index is -0.311. The van der Waals surface area contributed by atoms with Crippen LogP contribution in [-0.2, 0) is 14.4 Å². The topological polar surface area (TPSA) is 63.2 Å². The van der Waals surface area contributed by atoms with Gasteiger partial charge in [0.2, 0.25) is 5.91 Å². The Kier molecular flexibility index (Phi) is 3.75. The van der Waals surface area contributed by atoms with E-state index in [2.05, 4.69) is 19.2 Å². The van der Waals surface area contributed by atoms with Crippen molar-refractivity contribution in [2.75, 3.05) is 0 Å². The van der Waals surface area contributed by atoms with E-state index in [-0.39, 0.29) is 34.3 Å². The number of allylic oxidation sites excluding steroid dienone is 1. The first-order valence-corrected chi connectivity index (χ1v) is 9.79.